The van der Waals surface area contributed by atoms with E-state index in [4.69, 9.17) is 23.2 Å². The number of carbonyl (C=O) groups excluding carboxylic acids is 1. The first-order valence-corrected chi connectivity index (χ1v) is 8.12. The lowest BCUT2D eigenvalue weighted by atomic mass is 9.84. The van der Waals surface area contributed by atoms with Crippen LogP contribution < -0.4 is 5.32 Å². The van der Waals surface area contributed by atoms with Gasteiger partial charge in [-0.15, -0.1) is 0 Å². The zero-order valence-corrected chi connectivity index (χ0v) is 12.9. The van der Waals surface area contributed by atoms with Crippen LogP contribution in [0.3, 0.4) is 0 Å². The minimum Gasteiger partial charge on any atom is -0.304 e. The summed E-state index contributed by atoms with van der Waals surface area (Å²) in [6, 6.07) is 5.91. The smallest absolute Gasteiger partial charge is 0.154 e. The number of benzene rings is 1. The molecule has 0 aromatic heterocycles. The molecule has 20 heavy (non-hydrogen) atoms. The molecule has 1 heterocycles. The fourth-order valence-electron chi connectivity index (χ4n) is 3.54. The molecule has 2 fully saturated rings. The highest BCUT2D eigenvalue weighted by molar-refractivity contribution is 6.35. The summed E-state index contributed by atoms with van der Waals surface area (Å²) in [5.74, 6) is 0.946. The summed E-state index contributed by atoms with van der Waals surface area (Å²) in [5.41, 5.74) is 0.873. The van der Waals surface area contributed by atoms with Gasteiger partial charge in [-0.1, -0.05) is 42.1 Å². The SMILES string of the molecule is O=C(Cc1ccc(Cl)cc1Cl)C1CC2CCCCC2N1. The van der Waals surface area contributed by atoms with E-state index in [2.05, 4.69) is 5.32 Å². The van der Waals surface area contributed by atoms with Gasteiger partial charge in [0, 0.05) is 22.5 Å². The number of hydrogen-bond donors (Lipinski definition) is 1. The maximum absolute atomic E-state index is 12.4. The highest BCUT2D eigenvalue weighted by Gasteiger charge is 2.37. The molecule has 1 aliphatic heterocycles. The zero-order valence-electron chi connectivity index (χ0n) is 11.4. The maximum atomic E-state index is 12.4. The topological polar surface area (TPSA) is 29.1 Å². The van der Waals surface area contributed by atoms with Crippen molar-refractivity contribution in [2.75, 3.05) is 0 Å². The lowest BCUT2D eigenvalue weighted by Crippen LogP contribution is -2.37. The Morgan fingerprint density at radius 1 is 1.25 bits per heavy atom. The fraction of sp³-hybridized carbons (Fsp3) is 0.562. The summed E-state index contributed by atoms with van der Waals surface area (Å²) in [7, 11) is 0. The fourth-order valence-corrected chi connectivity index (χ4v) is 4.01. The van der Waals surface area contributed by atoms with Crippen molar-refractivity contribution in [2.45, 2.75) is 50.6 Å². The van der Waals surface area contributed by atoms with Crippen LogP contribution in [-0.4, -0.2) is 17.9 Å². The third-order valence-electron chi connectivity index (χ3n) is 4.63. The van der Waals surface area contributed by atoms with E-state index >= 15 is 0 Å². The van der Waals surface area contributed by atoms with E-state index in [1.54, 1.807) is 12.1 Å². The summed E-state index contributed by atoms with van der Waals surface area (Å²) in [6.07, 6.45) is 6.48. The molecule has 2 nitrogen and oxygen atoms in total. The predicted octanol–water partition coefficient (Wildman–Crippen LogP) is 4.03. The maximum Gasteiger partial charge on any atom is 0.154 e. The Balaban J connectivity index is 1.65. The number of rotatable bonds is 3. The second kappa shape index (κ2) is 6.05. The van der Waals surface area contributed by atoms with Crippen LogP contribution in [0.15, 0.2) is 18.2 Å². The number of ketones is 1. The summed E-state index contributed by atoms with van der Waals surface area (Å²) in [5, 5.41) is 4.72. The quantitative estimate of drug-likeness (QED) is 0.913. The Kier molecular flexibility index (Phi) is 4.34. The lowest BCUT2D eigenvalue weighted by molar-refractivity contribution is -0.120. The van der Waals surface area contributed by atoms with E-state index < -0.39 is 0 Å². The second-order valence-corrected chi connectivity index (χ2v) is 6.83. The standard InChI is InChI=1S/C16H19Cl2NO/c17-12-6-5-10(13(18)9-12)8-16(20)15-7-11-3-1-2-4-14(11)19-15/h5-6,9,11,14-15,19H,1-4,7-8H2. The van der Waals surface area contributed by atoms with E-state index in [0.717, 1.165) is 12.0 Å². The largest absolute Gasteiger partial charge is 0.304 e. The molecule has 2 aliphatic rings. The monoisotopic (exact) mass is 311 g/mol. The van der Waals surface area contributed by atoms with Crippen molar-refractivity contribution >= 4 is 29.0 Å². The number of Topliss-reactive ketones (excluding diaryl/α,β-unsaturated/α-hetero) is 1. The molecule has 4 heteroatoms. The van der Waals surface area contributed by atoms with E-state index in [-0.39, 0.29) is 11.8 Å². The van der Waals surface area contributed by atoms with Crippen molar-refractivity contribution in [3.05, 3.63) is 33.8 Å². The summed E-state index contributed by atoms with van der Waals surface area (Å²) >= 11 is 12.0. The van der Waals surface area contributed by atoms with Gasteiger partial charge in [0.05, 0.1) is 6.04 Å². The molecule has 1 aromatic carbocycles. The molecule has 3 unspecified atom stereocenters. The van der Waals surface area contributed by atoms with Crippen LogP contribution in [-0.2, 0) is 11.2 Å². The molecule has 0 bridgehead atoms. The first-order valence-electron chi connectivity index (χ1n) is 7.36. The van der Waals surface area contributed by atoms with Crippen molar-refractivity contribution in [1.82, 2.24) is 5.32 Å². The van der Waals surface area contributed by atoms with Crippen LogP contribution in [0.2, 0.25) is 10.0 Å². The van der Waals surface area contributed by atoms with Crippen LogP contribution in [0.4, 0.5) is 0 Å². The first-order chi connectivity index (χ1) is 9.63. The highest BCUT2D eigenvalue weighted by Crippen LogP contribution is 2.34. The second-order valence-electron chi connectivity index (χ2n) is 5.98. The molecule has 1 saturated carbocycles. The molecular weight excluding hydrogens is 293 g/mol. The van der Waals surface area contributed by atoms with Crippen molar-refractivity contribution in [1.29, 1.82) is 0 Å². The van der Waals surface area contributed by atoms with E-state index in [0.29, 0.717) is 28.4 Å². The molecule has 1 aromatic rings. The van der Waals surface area contributed by atoms with Gasteiger partial charge >= 0.3 is 0 Å². The number of carbonyl (C=O) groups is 1. The van der Waals surface area contributed by atoms with Gasteiger partial charge in [0.2, 0.25) is 0 Å². The Hall–Kier alpha value is -0.570. The summed E-state index contributed by atoms with van der Waals surface area (Å²) in [6.45, 7) is 0. The highest BCUT2D eigenvalue weighted by atomic mass is 35.5. The summed E-state index contributed by atoms with van der Waals surface area (Å²) in [4.78, 5) is 12.4. The Morgan fingerprint density at radius 3 is 2.80 bits per heavy atom. The van der Waals surface area contributed by atoms with Crippen molar-refractivity contribution in [2.24, 2.45) is 5.92 Å². The van der Waals surface area contributed by atoms with Gasteiger partial charge in [0.15, 0.2) is 5.78 Å². The van der Waals surface area contributed by atoms with Gasteiger partial charge in [-0.05, 0) is 42.9 Å². The lowest BCUT2D eigenvalue weighted by Gasteiger charge is -2.24. The minimum atomic E-state index is 0.00912. The Bertz CT molecular complexity index is 503. The van der Waals surface area contributed by atoms with E-state index in [1.165, 1.54) is 25.7 Å². The van der Waals surface area contributed by atoms with Crippen LogP contribution in [0.1, 0.15) is 37.7 Å². The van der Waals surface area contributed by atoms with E-state index in [9.17, 15) is 4.79 Å². The molecule has 108 valence electrons. The normalized spacial score (nSPS) is 29.2. The van der Waals surface area contributed by atoms with Crippen molar-refractivity contribution in [3.8, 4) is 0 Å². The molecule has 0 amide bonds. The third-order valence-corrected chi connectivity index (χ3v) is 5.22. The van der Waals surface area contributed by atoms with Crippen LogP contribution in [0.5, 0.6) is 0 Å². The van der Waals surface area contributed by atoms with Gasteiger partial charge in [-0.25, -0.2) is 0 Å². The minimum absolute atomic E-state index is 0.00912. The zero-order chi connectivity index (χ0) is 14.1. The number of halogens is 2. The number of hydrogen-bond acceptors (Lipinski definition) is 2. The van der Waals surface area contributed by atoms with Gasteiger partial charge in [-0.2, -0.15) is 0 Å². The average molecular weight is 312 g/mol. The molecule has 0 radical (unpaired) electrons. The Labute approximate surface area is 129 Å². The van der Waals surface area contributed by atoms with Crippen LogP contribution in [0, 0.1) is 5.92 Å². The first kappa shape index (κ1) is 14.4. The average Bonchev–Trinajstić information content (AvgIpc) is 2.86. The predicted molar refractivity (Wildman–Crippen MR) is 82.5 cm³/mol. The van der Waals surface area contributed by atoms with Crippen LogP contribution in [0.25, 0.3) is 0 Å². The third kappa shape index (κ3) is 3.03. The van der Waals surface area contributed by atoms with Crippen molar-refractivity contribution in [3.63, 3.8) is 0 Å². The Morgan fingerprint density at radius 2 is 2.05 bits per heavy atom. The van der Waals surface area contributed by atoms with Gasteiger partial charge in [0.25, 0.3) is 0 Å². The molecule has 1 aliphatic carbocycles. The molecule has 1 saturated heterocycles. The molecule has 3 rings (SSSR count). The van der Waals surface area contributed by atoms with Gasteiger partial charge in [-0.3, -0.25) is 4.79 Å². The number of nitrogens with one attached hydrogen (secondary N) is 1. The molecule has 3 atom stereocenters. The molecular formula is C16H19Cl2NO. The van der Waals surface area contributed by atoms with Gasteiger partial charge < -0.3 is 5.32 Å². The molecule has 0 spiro atoms. The molecule has 1 N–H and O–H groups in total. The van der Waals surface area contributed by atoms with Crippen LogP contribution >= 0.6 is 23.2 Å². The van der Waals surface area contributed by atoms with Gasteiger partial charge in [0.1, 0.15) is 0 Å². The van der Waals surface area contributed by atoms with Crippen molar-refractivity contribution < 1.29 is 4.79 Å². The summed E-state index contributed by atoms with van der Waals surface area (Å²) < 4.78 is 0. The number of fused-ring (bicyclic) bond motifs is 1. The van der Waals surface area contributed by atoms with E-state index in [1.807, 2.05) is 6.07 Å².